The number of rotatable bonds is 6. The van der Waals surface area contributed by atoms with Crippen molar-refractivity contribution < 1.29 is 9.18 Å². The molecule has 1 amide bonds. The smallest absolute Gasteiger partial charge is 0.222 e. The first-order valence-electron chi connectivity index (χ1n) is 11.2. The molecule has 0 bridgehead atoms. The lowest BCUT2D eigenvalue weighted by Gasteiger charge is -2.23. The molecule has 6 nitrogen and oxygen atoms in total. The van der Waals surface area contributed by atoms with E-state index in [2.05, 4.69) is 22.3 Å². The zero-order valence-electron chi connectivity index (χ0n) is 18.4. The number of para-hydroxylation sites is 1. The summed E-state index contributed by atoms with van der Waals surface area (Å²) >= 11 is 0. The van der Waals surface area contributed by atoms with Crippen molar-refractivity contribution in [1.29, 1.82) is 5.26 Å². The van der Waals surface area contributed by atoms with Crippen LogP contribution in [0.3, 0.4) is 0 Å². The van der Waals surface area contributed by atoms with Gasteiger partial charge >= 0.3 is 0 Å². The first-order chi connectivity index (χ1) is 15.6. The van der Waals surface area contributed by atoms with Gasteiger partial charge in [0.15, 0.2) is 5.96 Å². The van der Waals surface area contributed by atoms with Crippen molar-refractivity contribution in [1.82, 2.24) is 10.2 Å². The zero-order chi connectivity index (χ0) is 22.5. The summed E-state index contributed by atoms with van der Waals surface area (Å²) in [5.74, 6) is 0.852. The van der Waals surface area contributed by atoms with Gasteiger partial charge in [-0.15, -0.1) is 0 Å². The summed E-state index contributed by atoms with van der Waals surface area (Å²) in [6, 6.07) is 14.7. The normalized spacial score (nSPS) is 18.1. The van der Waals surface area contributed by atoms with E-state index in [1.54, 1.807) is 12.1 Å². The first kappa shape index (κ1) is 21.8. The van der Waals surface area contributed by atoms with Gasteiger partial charge in [0.25, 0.3) is 0 Å². The maximum atomic E-state index is 14.3. The van der Waals surface area contributed by atoms with Gasteiger partial charge in [-0.1, -0.05) is 24.3 Å². The molecule has 1 N–H and O–H groups in total. The van der Waals surface area contributed by atoms with Crippen LogP contribution < -0.4 is 10.2 Å². The fourth-order valence-electron chi connectivity index (χ4n) is 4.50. The second-order valence-corrected chi connectivity index (χ2v) is 8.23. The Morgan fingerprint density at radius 2 is 2.16 bits per heavy atom. The van der Waals surface area contributed by atoms with Gasteiger partial charge < -0.3 is 15.1 Å². The third-order valence-electron chi connectivity index (χ3n) is 6.16. The van der Waals surface area contributed by atoms with Crippen LogP contribution >= 0.6 is 0 Å². The van der Waals surface area contributed by atoms with E-state index in [4.69, 9.17) is 10.3 Å². The van der Waals surface area contributed by atoms with Crippen molar-refractivity contribution >= 4 is 17.6 Å². The highest BCUT2D eigenvalue weighted by molar-refractivity contribution is 5.98. The van der Waals surface area contributed by atoms with E-state index in [-0.39, 0.29) is 12.5 Å². The Balaban J connectivity index is 1.53. The number of halogens is 1. The van der Waals surface area contributed by atoms with Crippen molar-refractivity contribution in [3.63, 3.8) is 0 Å². The number of nitriles is 1. The van der Waals surface area contributed by atoms with Crippen LogP contribution in [-0.2, 0) is 11.3 Å². The van der Waals surface area contributed by atoms with Crippen molar-refractivity contribution in [2.24, 2.45) is 4.99 Å². The summed E-state index contributed by atoms with van der Waals surface area (Å²) in [7, 11) is 0. The standard InChI is InChI=1S/C25H28FN5O/c1-2-28-25(29-16-19-10-9-18(15-27)14-22(19)26)31-17-20(21-6-3-4-7-23(21)31)11-13-30-12-5-8-24(30)32/h3-4,6-7,9-10,14,20H,2,5,8,11-13,16-17H2,1H3,(H,28,29). The van der Waals surface area contributed by atoms with E-state index in [9.17, 15) is 9.18 Å². The molecule has 0 spiro atoms. The minimum absolute atomic E-state index is 0.186. The molecule has 0 aliphatic carbocycles. The Morgan fingerprint density at radius 1 is 1.31 bits per heavy atom. The molecule has 0 saturated carbocycles. The number of likely N-dealkylation sites (tertiary alicyclic amines) is 1. The second-order valence-electron chi connectivity index (χ2n) is 8.23. The largest absolute Gasteiger partial charge is 0.356 e. The molecule has 2 aliphatic heterocycles. The fourth-order valence-corrected chi connectivity index (χ4v) is 4.50. The Morgan fingerprint density at radius 3 is 2.88 bits per heavy atom. The topological polar surface area (TPSA) is 71.7 Å². The van der Waals surface area contributed by atoms with E-state index in [1.807, 2.05) is 30.0 Å². The molecule has 2 aromatic rings. The summed E-state index contributed by atoms with van der Waals surface area (Å²) < 4.78 is 14.3. The van der Waals surface area contributed by atoms with E-state index in [0.717, 1.165) is 38.2 Å². The Labute approximate surface area is 188 Å². The van der Waals surface area contributed by atoms with Crippen LogP contribution in [-0.4, -0.2) is 42.9 Å². The van der Waals surface area contributed by atoms with E-state index in [0.29, 0.717) is 36.0 Å². The van der Waals surface area contributed by atoms with Crippen molar-refractivity contribution in [3.8, 4) is 6.07 Å². The third-order valence-corrected chi connectivity index (χ3v) is 6.16. The summed E-state index contributed by atoms with van der Waals surface area (Å²) in [4.78, 5) is 20.9. The van der Waals surface area contributed by atoms with Crippen LogP contribution in [0, 0.1) is 17.1 Å². The molecule has 32 heavy (non-hydrogen) atoms. The van der Waals surface area contributed by atoms with Crippen LogP contribution in [0.2, 0.25) is 0 Å². The third kappa shape index (κ3) is 4.59. The molecular weight excluding hydrogens is 405 g/mol. The molecule has 1 atom stereocenters. The lowest BCUT2D eigenvalue weighted by molar-refractivity contribution is -0.127. The lowest BCUT2D eigenvalue weighted by Crippen LogP contribution is -2.41. The highest BCUT2D eigenvalue weighted by atomic mass is 19.1. The monoisotopic (exact) mass is 433 g/mol. The molecule has 0 aromatic heterocycles. The first-order valence-corrected chi connectivity index (χ1v) is 11.2. The van der Waals surface area contributed by atoms with Gasteiger partial charge in [-0.05, 0) is 43.5 Å². The lowest BCUT2D eigenvalue weighted by atomic mass is 9.98. The molecule has 4 rings (SSSR count). The van der Waals surface area contributed by atoms with Crippen LogP contribution in [0.15, 0.2) is 47.5 Å². The molecule has 2 heterocycles. The molecule has 7 heteroatoms. The number of nitrogens with zero attached hydrogens (tertiary/aromatic N) is 4. The maximum absolute atomic E-state index is 14.3. The number of benzene rings is 2. The van der Waals surface area contributed by atoms with Gasteiger partial charge in [0.05, 0.1) is 18.2 Å². The number of fused-ring (bicyclic) bond motifs is 1. The van der Waals surface area contributed by atoms with Crippen molar-refractivity contribution in [3.05, 3.63) is 65.0 Å². The van der Waals surface area contributed by atoms with E-state index in [1.165, 1.54) is 11.6 Å². The summed E-state index contributed by atoms with van der Waals surface area (Å²) in [5.41, 5.74) is 3.12. The van der Waals surface area contributed by atoms with Gasteiger partial charge in [-0.2, -0.15) is 5.26 Å². The van der Waals surface area contributed by atoms with Gasteiger partial charge in [0, 0.05) is 49.8 Å². The fraction of sp³-hybridized carbons (Fsp3) is 0.400. The number of nitrogens with one attached hydrogen (secondary N) is 1. The van der Waals surface area contributed by atoms with Crippen molar-refractivity contribution in [2.45, 2.75) is 38.6 Å². The van der Waals surface area contributed by atoms with E-state index >= 15 is 0 Å². The quantitative estimate of drug-likeness (QED) is 0.556. The molecule has 2 aromatic carbocycles. The highest BCUT2D eigenvalue weighted by Gasteiger charge is 2.32. The molecule has 166 valence electrons. The van der Waals surface area contributed by atoms with Gasteiger partial charge in [0.1, 0.15) is 5.82 Å². The Hall–Kier alpha value is -3.40. The molecule has 1 saturated heterocycles. The van der Waals surface area contributed by atoms with Crippen LogP contribution in [0.25, 0.3) is 0 Å². The highest BCUT2D eigenvalue weighted by Crippen LogP contribution is 2.38. The number of hydrogen-bond acceptors (Lipinski definition) is 3. The predicted molar refractivity (Wildman–Crippen MR) is 123 cm³/mol. The maximum Gasteiger partial charge on any atom is 0.222 e. The number of amides is 1. The average Bonchev–Trinajstić information content (AvgIpc) is 3.39. The number of aliphatic imine (C=N–C) groups is 1. The zero-order valence-corrected chi connectivity index (χ0v) is 18.4. The summed E-state index contributed by atoms with van der Waals surface area (Å²) in [5, 5.41) is 12.3. The number of guanidine groups is 1. The average molecular weight is 434 g/mol. The molecule has 0 radical (unpaired) electrons. The Kier molecular flexibility index (Phi) is 6.69. The van der Waals surface area contributed by atoms with Crippen LogP contribution in [0.1, 0.15) is 48.8 Å². The Bertz CT molecular complexity index is 1060. The predicted octanol–water partition coefficient (Wildman–Crippen LogP) is 3.78. The number of carbonyl (C=O) groups excluding carboxylic acids is 1. The van der Waals surface area contributed by atoms with E-state index < -0.39 is 5.82 Å². The number of anilines is 1. The molecule has 1 unspecified atom stereocenters. The second kappa shape index (κ2) is 9.82. The number of carbonyl (C=O) groups is 1. The van der Waals surface area contributed by atoms with Crippen LogP contribution in [0.4, 0.5) is 10.1 Å². The minimum atomic E-state index is -0.418. The minimum Gasteiger partial charge on any atom is -0.356 e. The molecule has 2 aliphatic rings. The summed E-state index contributed by atoms with van der Waals surface area (Å²) in [6.07, 6.45) is 2.52. The molecular formula is C25H28FN5O. The number of hydrogen-bond donors (Lipinski definition) is 1. The SMILES string of the molecule is CCNC(=NCc1ccc(C#N)cc1F)N1CC(CCN2CCCC2=O)c2ccccc21. The molecule has 1 fully saturated rings. The van der Waals surface area contributed by atoms with Gasteiger partial charge in [0.2, 0.25) is 5.91 Å². The van der Waals surface area contributed by atoms with Gasteiger partial charge in [-0.3, -0.25) is 4.79 Å². The van der Waals surface area contributed by atoms with Crippen molar-refractivity contribution in [2.75, 3.05) is 31.1 Å². The van der Waals surface area contributed by atoms with Gasteiger partial charge in [-0.25, -0.2) is 9.38 Å². The van der Waals surface area contributed by atoms with Crippen LogP contribution in [0.5, 0.6) is 0 Å². The summed E-state index contributed by atoms with van der Waals surface area (Å²) in [6.45, 7) is 5.29.